The molecule has 0 spiro atoms. The number of hydrogen-bond donors (Lipinski definition) is 1. The average Bonchev–Trinajstić information content (AvgIpc) is 2.78. The number of benzene rings is 1. The van der Waals surface area contributed by atoms with Gasteiger partial charge in [0.25, 0.3) is 5.91 Å². The van der Waals surface area contributed by atoms with E-state index in [1.165, 1.54) is 12.5 Å². The predicted molar refractivity (Wildman–Crippen MR) is 109 cm³/mol. The first-order valence-electron chi connectivity index (χ1n) is 9.60. The summed E-state index contributed by atoms with van der Waals surface area (Å²) in [5, 5.41) is 2.88. The number of anilines is 1. The summed E-state index contributed by atoms with van der Waals surface area (Å²) in [6.07, 6.45) is -0.181. The van der Waals surface area contributed by atoms with Gasteiger partial charge in [-0.15, -0.1) is 0 Å². The first-order chi connectivity index (χ1) is 14.8. The second-order valence-corrected chi connectivity index (χ2v) is 6.77. The number of nitrogens with one attached hydrogen (secondary N) is 1. The molecule has 0 unspecified atom stereocenters. The highest BCUT2D eigenvalue weighted by molar-refractivity contribution is 5.99. The van der Waals surface area contributed by atoms with Gasteiger partial charge in [-0.05, 0) is 13.8 Å². The van der Waals surface area contributed by atoms with Gasteiger partial charge >= 0.3 is 6.18 Å². The summed E-state index contributed by atoms with van der Waals surface area (Å²) >= 11 is 0. The molecule has 1 amide bonds. The van der Waals surface area contributed by atoms with Crippen LogP contribution in [-0.2, 0) is 6.18 Å². The number of rotatable bonds is 7. The summed E-state index contributed by atoms with van der Waals surface area (Å²) in [5.41, 5.74) is 0.778. The maximum absolute atomic E-state index is 13.2. The van der Waals surface area contributed by atoms with Crippen molar-refractivity contribution in [3.8, 4) is 11.3 Å². The molecule has 0 bridgehead atoms. The lowest BCUT2D eigenvalue weighted by molar-refractivity contribution is -0.138. The summed E-state index contributed by atoms with van der Waals surface area (Å²) in [5.74, 6) is -0.194. The fourth-order valence-electron chi connectivity index (χ4n) is 3.04. The molecule has 2 aromatic heterocycles. The lowest BCUT2D eigenvalue weighted by Crippen LogP contribution is -2.42. The van der Waals surface area contributed by atoms with Crippen LogP contribution in [0, 0.1) is 0 Å². The first-order valence-corrected chi connectivity index (χ1v) is 9.60. The summed E-state index contributed by atoms with van der Waals surface area (Å²) in [6.45, 7) is 4.33. The Labute approximate surface area is 177 Å². The van der Waals surface area contributed by atoms with Gasteiger partial charge in [-0.3, -0.25) is 4.79 Å². The fourth-order valence-corrected chi connectivity index (χ4v) is 3.04. The van der Waals surface area contributed by atoms with E-state index in [0.717, 1.165) is 18.0 Å². The van der Waals surface area contributed by atoms with Crippen molar-refractivity contribution in [3.05, 3.63) is 66.4 Å². The summed E-state index contributed by atoms with van der Waals surface area (Å²) in [4.78, 5) is 30.5. The van der Waals surface area contributed by atoms with E-state index in [1.807, 2.05) is 44.2 Å². The fraction of sp³-hybridized carbons (Fsp3) is 0.286. The van der Waals surface area contributed by atoms with E-state index in [9.17, 15) is 18.0 Å². The molecular weight excluding hydrogens is 409 g/mol. The molecule has 3 rings (SSSR count). The van der Waals surface area contributed by atoms with Gasteiger partial charge in [0, 0.05) is 43.3 Å². The zero-order chi connectivity index (χ0) is 22.4. The van der Waals surface area contributed by atoms with Gasteiger partial charge < -0.3 is 10.2 Å². The molecule has 0 fully saturated rings. The molecule has 1 atom stereocenters. The molecule has 10 heteroatoms. The van der Waals surface area contributed by atoms with Crippen LogP contribution in [0.15, 0.2) is 55.2 Å². The standard InChI is InChI=1S/C21H21F3N6O/c1-3-30(14(2)9-26-20-27-10-16(11-28-20)21(22,23)24)19(31)17-12-25-13-29-18(17)15-7-5-4-6-8-15/h4-8,10-14H,3,9H2,1-2H3,(H,26,27,28)/t14-/m0/s1. The Morgan fingerprint density at radius 3 is 2.39 bits per heavy atom. The van der Waals surface area contributed by atoms with Gasteiger partial charge in [0.15, 0.2) is 0 Å². The number of carbonyl (C=O) groups is 1. The molecule has 1 aromatic carbocycles. The number of aromatic nitrogens is 4. The average molecular weight is 430 g/mol. The Hall–Kier alpha value is -3.56. The zero-order valence-electron chi connectivity index (χ0n) is 17.0. The van der Waals surface area contributed by atoms with Crippen molar-refractivity contribution in [3.63, 3.8) is 0 Å². The second kappa shape index (κ2) is 9.50. The van der Waals surface area contributed by atoms with Crippen molar-refractivity contribution in [1.82, 2.24) is 24.8 Å². The molecule has 162 valence electrons. The quantitative estimate of drug-likeness (QED) is 0.612. The molecule has 2 heterocycles. The van der Waals surface area contributed by atoms with Gasteiger partial charge in [-0.25, -0.2) is 19.9 Å². The third kappa shape index (κ3) is 5.33. The molecular formula is C21H21F3N6O. The first kappa shape index (κ1) is 22.1. The van der Waals surface area contributed by atoms with Crippen molar-refractivity contribution in [2.24, 2.45) is 0 Å². The van der Waals surface area contributed by atoms with Gasteiger partial charge in [-0.1, -0.05) is 30.3 Å². The van der Waals surface area contributed by atoms with E-state index in [1.54, 1.807) is 4.90 Å². The van der Waals surface area contributed by atoms with E-state index >= 15 is 0 Å². The van der Waals surface area contributed by atoms with Gasteiger partial charge in [0.2, 0.25) is 5.95 Å². The van der Waals surface area contributed by atoms with Gasteiger partial charge in [0.1, 0.15) is 6.33 Å². The molecule has 0 aliphatic carbocycles. The van der Waals surface area contributed by atoms with Gasteiger partial charge in [-0.2, -0.15) is 13.2 Å². The number of likely N-dealkylation sites (N-methyl/N-ethyl adjacent to an activating group) is 1. The highest BCUT2D eigenvalue weighted by atomic mass is 19.4. The van der Waals surface area contributed by atoms with Crippen molar-refractivity contribution in [2.45, 2.75) is 26.1 Å². The minimum absolute atomic E-state index is 0.0522. The molecule has 0 aliphatic rings. The van der Waals surface area contributed by atoms with E-state index in [-0.39, 0.29) is 24.4 Å². The molecule has 0 aliphatic heterocycles. The Kier molecular flexibility index (Phi) is 6.78. The van der Waals surface area contributed by atoms with E-state index in [0.29, 0.717) is 17.8 Å². The smallest absolute Gasteiger partial charge is 0.352 e. The molecule has 31 heavy (non-hydrogen) atoms. The van der Waals surface area contributed by atoms with Crippen LogP contribution in [0.2, 0.25) is 0 Å². The van der Waals surface area contributed by atoms with Crippen LogP contribution < -0.4 is 5.32 Å². The molecule has 7 nitrogen and oxygen atoms in total. The van der Waals surface area contributed by atoms with Crippen LogP contribution in [0.1, 0.15) is 29.8 Å². The third-order valence-corrected chi connectivity index (χ3v) is 4.66. The molecule has 0 radical (unpaired) electrons. The second-order valence-electron chi connectivity index (χ2n) is 6.77. The van der Waals surface area contributed by atoms with Crippen LogP contribution in [0.25, 0.3) is 11.3 Å². The number of alkyl halides is 3. The van der Waals surface area contributed by atoms with Gasteiger partial charge in [0.05, 0.1) is 16.8 Å². The minimum Gasteiger partial charge on any atom is -0.352 e. The largest absolute Gasteiger partial charge is 0.419 e. The number of hydrogen-bond acceptors (Lipinski definition) is 6. The highest BCUT2D eigenvalue weighted by Crippen LogP contribution is 2.28. The zero-order valence-corrected chi connectivity index (χ0v) is 17.0. The molecule has 3 aromatic rings. The Morgan fingerprint density at radius 2 is 1.77 bits per heavy atom. The van der Waals surface area contributed by atoms with E-state index in [2.05, 4.69) is 25.3 Å². The molecule has 1 N–H and O–H groups in total. The molecule has 0 saturated carbocycles. The lowest BCUT2D eigenvalue weighted by Gasteiger charge is -2.28. The Bertz CT molecular complexity index is 1010. The van der Waals surface area contributed by atoms with Crippen molar-refractivity contribution in [2.75, 3.05) is 18.4 Å². The normalized spacial score (nSPS) is 12.3. The Balaban J connectivity index is 1.73. The maximum atomic E-state index is 13.2. The van der Waals surface area contributed by atoms with Crippen LogP contribution in [0.4, 0.5) is 19.1 Å². The lowest BCUT2D eigenvalue weighted by atomic mass is 10.1. The summed E-state index contributed by atoms with van der Waals surface area (Å²) in [7, 11) is 0. The number of halogens is 3. The minimum atomic E-state index is -4.49. The maximum Gasteiger partial charge on any atom is 0.419 e. The van der Waals surface area contributed by atoms with Crippen LogP contribution in [-0.4, -0.2) is 49.9 Å². The number of amides is 1. The summed E-state index contributed by atoms with van der Waals surface area (Å²) < 4.78 is 37.9. The Morgan fingerprint density at radius 1 is 1.10 bits per heavy atom. The number of nitrogens with zero attached hydrogens (tertiary/aromatic N) is 5. The van der Waals surface area contributed by atoms with Crippen LogP contribution in [0.5, 0.6) is 0 Å². The number of carbonyl (C=O) groups excluding carboxylic acids is 1. The van der Waals surface area contributed by atoms with Crippen molar-refractivity contribution < 1.29 is 18.0 Å². The monoisotopic (exact) mass is 430 g/mol. The van der Waals surface area contributed by atoms with E-state index < -0.39 is 11.7 Å². The molecule has 0 saturated heterocycles. The van der Waals surface area contributed by atoms with Crippen LogP contribution >= 0.6 is 0 Å². The van der Waals surface area contributed by atoms with Crippen molar-refractivity contribution >= 4 is 11.9 Å². The van der Waals surface area contributed by atoms with Crippen LogP contribution in [0.3, 0.4) is 0 Å². The third-order valence-electron chi connectivity index (χ3n) is 4.66. The summed E-state index contributed by atoms with van der Waals surface area (Å²) in [6, 6.07) is 9.03. The SMILES string of the molecule is CCN(C(=O)c1cncnc1-c1ccccc1)[C@@H](C)CNc1ncc(C(F)(F)F)cn1. The van der Waals surface area contributed by atoms with E-state index in [4.69, 9.17) is 0 Å². The topological polar surface area (TPSA) is 83.9 Å². The highest BCUT2D eigenvalue weighted by Gasteiger charge is 2.31. The predicted octanol–water partition coefficient (Wildman–Crippen LogP) is 3.92. The van der Waals surface area contributed by atoms with Crippen molar-refractivity contribution in [1.29, 1.82) is 0 Å².